The lowest BCUT2D eigenvalue weighted by atomic mass is 10.0. The van der Waals surface area contributed by atoms with E-state index in [2.05, 4.69) is 4.98 Å². The van der Waals surface area contributed by atoms with Gasteiger partial charge in [0, 0.05) is 10.4 Å². The van der Waals surface area contributed by atoms with E-state index in [0.29, 0.717) is 6.42 Å². The van der Waals surface area contributed by atoms with Crippen LogP contribution in [0.25, 0.3) is 0 Å². The number of aliphatic hydroxyl groups is 1. The third kappa shape index (κ3) is 4.43. The van der Waals surface area contributed by atoms with Crippen molar-refractivity contribution in [1.29, 1.82) is 0 Å². The van der Waals surface area contributed by atoms with E-state index in [4.69, 9.17) is 11.6 Å². The summed E-state index contributed by atoms with van der Waals surface area (Å²) in [4.78, 5) is 4.51. The average Bonchev–Trinajstić information content (AvgIpc) is 2.90. The summed E-state index contributed by atoms with van der Waals surface area (Å²) in [5.41, 5.74) is -0.821. The van der Waals surface area contributed by atoms with Gasteiger partial charge >= 0.3 is 6.18 Å². The van der Waals surface area contributed by atoms with E-state index < -0.39 is 18.0 Å². The van der Waals surface area contributed by atoms with Crippen molar-refractivity contribution >= 4 is 22.9 Å². The number of thiophene rings is 1. The fourth-order valence-electron chi connectivity index (χ4n) is 1.93. The van der Waals surface area contributed by atoms with Gasteiger partial charge in [-0.1, -0.05) is 23.7 Å². The summed E-state index contributed by atoms with van der Waals surface area (Å²) in [5.74, 6) is 0. The van der Waals surface area contributed by atoms with Gasteiger partial charge in [-0.25, -0.2) is 4.98 Å². The number of aromatic nitrogens is 1. The maximum atomic E-state index is 12.5. The Bertz CT molecular complexity index is 586. The van der Waals surface area contributed by atoms with Crippen molar-refractivity contribution < 1.29 is 18.3 Å². The van der Waals surface area contributed by atoms with Crippen LogP contribution in [0.4, 0.5) is 13.2 Å². The number of pyridine rings is 1. The summed E-state index contributed by atoms with van der Waals surface area (Å²) in [7, 11) is 0. The average molecular weight is 336 g/mol. The first kappa shape index (κ1) is 16.3. The maximum absolute atomic E-state index is 12.5. The molecule has 2 nitrogen and oxygen atoms in total. The number of alkyl halides is 3. The highest BCUT2D eigenvalue weighted by molar-refractivity contribution is 7.09. The molecule has 2 aromatic heterocycles. The summed E-state index contributed by atoms with van der Waals surface area (Å²) in [6, 6.07) is 5.98. The van der Waals surface area contributed by atoms with Gasteiger partial charge in [0.05, 0.1) is 6.10 Å². The summed E-state index contributed by atoms with van der Waals surface area (Å²) in [6.07, 6.45) is -3.48. The van der Waals surface area contributed by atoms with Crippen LogP contribution < -0.4 is 0 Å². The minimum Gasteiger partial charge on any atom is -0.388 e. The van der Waals surface area contributed by atoms with Gasteiger partial charge in [0.2, 0.25) is 0 Å². The highest BCUT2D eigenvalue weighted by Crippen LogP contribution is 2.32. The van der Waals surface area contributed by atoms with Crippen molar-refractivity contribution in [2.45, 2.75) is 31.5 Å². The number of hydrogen-bond donors (Lipinski definition) is 1. The zero-order valence-corrected chi connectivity index (χ0v) is 12.5. The minimum atomic E-state index is -4.54. The first-order valence-corrected chi connectivity index (χ1v) is 7.58. The first-order chi connectivity index (χ1) is 9.88. The molecule has 0 spiro atoms. The third-order valence-corrected chi connectivity index (χ3v) is 4.25. The fraction of sp³-hybridized carbons (Fsp3) is 0.357. The topological polar surface area (TPSA) is 33.1 Å². The lowest BCUT2D eigenvalue weighted by Crippen LogP contribution is -2.10. The number of nitrogens with zero attached hydrogens (tertiary/aromatic N) is 1. The molecule has 0 bridgehead atoms. The molecule has 1 unspecified atom stereocenters. The Kier molecular flexibility index (Phi) is 5.24. The third-order valence-electron chi connectivity index (χ3n) is 3.01. The molecule has 0 saturated carbocycles. The first-order valence-electron chi connectivity index (χ1n) is 6.32. The van der Waals surface area contributed by atoms with E-state index in [-0.39, 0.29) is 10.7 Å². The Balaban J connectivity index is 1.97. The summed E-state index contributed by atoms with van der Waals surface area (Å²) < 4.78 is 37.4. The Hall–Kier alpha value is -1.11. The smallest absolute Gasteiger partial charge is 0.388 e. The quantitative estimate of drug-likeness (QED) is 0.791. The molecule has 7 heteroatoms. The van der Waals surface area contributed by atoms with Crippen LogP contribution in [0.2, 0.25) is 5.15 Å². The molecule has 0 aliphatic carbocycles. The van der Waals surface area contributed by atoms with Crippen LogP contribution in [0.1, 0.15) is 35.1 Å². The molecule has 21 heavy (non-hydrogen) atoms. The maximum Gasteiger partial charge on any atom is 0.433 e. The van der Waals surface area contributed by atoms with E-state index in [9.17, 15) is 18.3 Å². The van der Waals surface area contributed by atoms with Gasteiger partial charge in [-0.2, -0.15) is 13.2 Å². The Morgan fingerprint density at radius 1 is 1.29 bits per heavy atom. The van der Waals surface area contributed by atoms with Gasteiger partial charge in [0.25, 0.3) is 0 Å². The molecule has 0 fully saturated rings. The van der Waals surface area contributed by atoms with Gasteiger partial charge in [0.15, 0.2) is 0 Å². The Morgan fingerprint density at radius 3 is 2.62 bits per heavy atom. The second kappa shape index (κ2) is 6.77. The second-order valence-corrected chi connectivity index (χ2v) is 5.95. The van der Waals surface area contributed by atoms with Gasteiger partial charge in [-0.15, -0.1) is 11.3 Å². The molecule has 2 aromatic rings. The van der Waals surface area contributed by atoms with Crippen LogP contribution in [0.5, 0.6) is 0 Å². The summed E-state index contributed by atoms with van der Waals surface area (Å²) >= 11 is 7.37. The number of aryl methyl sites for hydroxylation is 1. The standard InChI is InChI=1S/C14H13ClF3NOS/c15-13-10(6-7-12(19-13)14(16,17)18)11(20)5-1-3-9-4-2-8-21-9/h2,4,6-8,11,20H,1,3,5H2. The monoisotopic (exact) mass is 335 g/mol. The van der Waals surface area contributed by atoms with Crippen molar-refractivity contribution in [3.05, 3.63) is 50.9 Å². The van der Waals surface area contributed by atoms with Crippen LogP contribution in [0, 0.1) is 0 Å². The molecular formula is C14H13ClF3NOS. The van der Waals surface area contributed by atoms with Crippen molar-refractivity contribution in [2.75, 3.05) is 0 Å². The number of hydrogen-bond acceptors (Lipinski definition) is 3. The van der Waals surface area contributed by atoms with Crippen molar-refractivity contribution in [3.63, 3.8) is 0 Å². The summed E-state index contributed by atoms with van der Waals surface area (Å²) in [5, 5.41) is 11.7. The zero-order chi connectivity index (χ0) is 15.5. The second-order valence-electron chi connectivity index (χ2n) is 4.56. The van der Waals surface area contributed by atoms with Crippen LogP contribution in [-0.4, -0.2) is 10.1 Å². The lowest BCUT2D eigenvalue weighted by molar-refractivity contribution is -0.141. The molecule has 0 saturated heterocycles. The molecule has 0 amide bonds. The van der Waals surface area contributed by atoms with E-state index in [1.54, 1.807) is 11.3 Å². The molecule has 0 aliphatic heterocycles. The number of rotatable bonds is 5. The number of aliphatic hydroxyl groups excluding tert-OH is 1. The molecular weight excluding hydrogens is 323 g/mol. The minimum absolute atomic E-state index is 0.232. The van der Waals surface area contributed by atoms with E-state index in [1.165, 1.54) is 10.9 Å². The molecule has 1 N–H and O–H groups in total. The zero-order valence-electron chi connectivity index (χ0n) is 10.9. The largest absolute Gasteiger partial charge is 0.433 e. The van der Waals surface area contributed by atoms with E-state index in [1.807, 2.05) is 17.5 Å². The molecule has 0 aromatic carbocycles. The van der Waals surface area contributed by atoms with E-state index in [0.717, 1.165) is 18.9 Å². The highest BCUT2D eigenvalue weighted by atomic mass is 35.5. The van der Waals surface area contributed by atoms with Crippen LogP contribution in [0.3, 0.4) is 0 Å². The number of halogens is 4. The van der Waals surface area contributed by atoms with Crippen LogP contribution in [-0.2, 0) is 12.6 Å². The van der Waals surface area contributed by atoms with Crippen molar-refractivity contribution in [2.24, 2.45) is 0 Å². The normalized spacial score (nSPS) is 13.4. The van der Waals surface area contributed by atoms with E-state index >= 15 is 0 Å². The van der Waals surface area contributed by atoms with Crippen LogP contribution in [0.15, 0.2) is 29.6 Å². The van der Waals surface area contributed by atoms with Crippen LogP contribution >= 0.6 is 22.9 Å². The lowest BCUT2D eigenvalue weighted by Gasteiger charge is -2.13. The molecule has 2 rings (SSSR count). The predicted octanol–water partition coefficient (Wildman–Crippen LogP) is 4.87. The van der Waals surface area contributed by atoms with Crippen molar-refractivity contribution in [1.82, 2.24) is 4.98 Å². The molecule has 1 atom stereocenters. The van der Waals surface area contributed by atoms with Gasteiger partial charge in [-0.05, 0) is 36.8 Å². The Labute approximate surface area is 129 Å². The van der Waals surface area contributed by atoms with Crippen molar-refractivity contribution in [3.8, 4) is 0 Å². The van der Waals surface area contributed by atoms with Gasteiger partial charge in [0.1, 0.15) is 10.8 Å². The SMILES string of the molecule is OC(CCCc1cccs1)c1ccc(C(F)(F)F)nc1Cl. The highest BCUT2D eigenvalue weighted by Gasteiger charge is 2.33. The molecule has 0 aliphatic rings. The molecule has 0 radical (unpaired) electrons. The molecule has 2 heterocycles. The van der Waals surface area contributed by atoms with Gasteiger partial charge < -0.3 is 5.11 Å². The Morgan fingerprint density at radius 2 is 2.05 bits per heavy atom. The van der Waals surface area contributed by atoms with Gasteiger partial charge in [-0.3, -0.25) is 0 Å². The fourth-order valence-corrected chi connectivity index (χ4v) is 2.96. The molecule has 114 valence electrons. The predicted molar refractivity (Wildman–Crippen MR) is 76.5 cm³/mol. The summed E-state index contributed by atoms with van der Waals surface area (Å²) in [6.45, 7) is 0.